The summed E-state index contributed by atoms with van der Waals surface area (Å²) in [6, 6.07) is 0. The maximum absolute atomic E-state index is 9.55. The average molecular weight is 150 g/mol. The van der Waals surface area contributed by atoms with E-state index in [1.165, 1.54) is 11.1 Å². The second kappa shape index (κ2) is 2.21. The highest BCUT2D eigenvalue weighted by molar-refractivity contribution is 5.36. The van der Waals surface area contributed by atoms with Gasteiger partial charge in [0.25, 0.3) is 0 Å². The van der Waals surface area contributed by atoms with E-state index in [1.807, 2.05) is 0 Å². The Kier molecular flexibility index (Phi) is 1.43. The number of hydrogen-bond acceptors (Lipinski definition) is 1. The summed E-state index contributed by atoms with van der Waals surface area (Å²) in [5, 5.41) is 9.55. The first-order valence-electron chi connectivity index (χ1n) is 4.24. The molecule has 60 valence electrons. The van der Waals surface area contributed by atoms with Crippen molar-refractivity contribution in [2.75, 3.05) is 0 Å². The molecule has 0 aromatic heterocycles. The minimum Gasteiger partial charge on any atom is -0.392 e. The Balaban J connectivity index is 2.39. The molecule has 1 fully saturated rings. The fourth-order valence-electron chi connectivity index (χ4n) is 2.36. The van der Waals surface area contributed by atoms with Gasteiger partial charge in [-0.25, -0.2) is 0 Å². The lowest BCUT2D eigenvalue weighted by Crippen LogP contribution is -2.12. The van der Waals surface area contributed by atoms with E-state index >= 15 is 0 Å². The summed E-state index contributed by atoms with van der Waals surface area (Å²) in [6.45, 7) is 4.28. The Hall–Kier alpha value is -0.560. The van der Waals surface area contributed by atoms with Crippen LogP contribution in [0.5, 0.6) is 0 Å². The van der Waals surface area contributed by atoms with Gasteiger partial charge in [-0.05, 0) is 20.3 Å². The molecule has 0 spiro atoms. The lowest BCUT2D eigenvalue weighted by molar-refractivity contribution is 0.152. The van der Waals surface area contributed by atoms with E-state index in [4.69, 9.17) is 0 Å². The van der Waals surface area contributed by atoms with E-state index in [-0.39, 0.29) is 6.10 Å². The molecule has 3 atom stereocenters. The predicted octanol–water partition coefficient (Wildman–Crippen LogP) is 1.89. The first-order valence-corrected chi connectivity index (χ1v) is 4.24. The highest BCUT2D eigenvalue weighted by Crippen LogP contribution is 2.45. The van der Waals surface area contributed by atoms with Crippen LogP contribution in [0.4, 0.5) is 0 Å². The molecule has 0 saturated heterocycles. The van der Waals surface area contributed by atoms with Crippen LogP contribution < -0.4 is 0 Å². The van der Waals surface area contributed by atoms with Crippen LogP contribution in [0.25, 0.3) is 0 Å². The van der Waals surface area contributed by atoms with Gasteiger partial charge in [0.2, 0.25) is 0 Å². The average Bonchev–Trinajstić information content (AvgIpc) is 2.41. The third-order valence-corrected chi connectivity index (χ3v) is 2.80. The van der Waals surface area contributed by atoms with E-state index in [1.54, 1.807) is 0 Å². The van der Waals surface area contributed by atoms with Crippen molar-refractivity contribution in [2.24, 2.45) is 11.8 Å². The third kappa shape index (κ3) is 0.875. The molecule has 1 nitrogen and oxygen atoms in total. The fourth-order valence-corrected chi connectivity index (χ4v) is 2.36. The molecule has 2 rings (SSSR count). The van der Waals surface area contributed by atoms with Crippen molar-refractivity contribution < 1.29 is 5.11 Å². The van der Waals surface area contributed by atoms with Crippen LogP contribution in [0.15, 0.2) is 23.3 Å². The molecule has 3 unspecified atom stereocenters. The van der Waals surface area contributed by atoms with E-state index in [0.717, 1.165) is 6.42 Å². The summed E-state index contributed by atoms with van der Waals surface area (Å²) >= 11 is 0. The molecule has 11 heavy (non-hydrogen) atoms. The molecular formula is C10H14O. The fraction of sp³-hybridized carbons (Fsp3) is 0.600. The van der Waals surface area contributed by atoms with Crippen LogP contribution >= 0.6 is 0 Å². The summed E-state index contributed by atoms with van der Waals surface area (Å²) in [5.41, 5.74) is 2.86. The van der Waals surface area contributed by atoms with Gasteiger partial charge >= 0.3 is 0 Å². The van der Waals surface area contributed by atoms with Crippen LogP contribution in [-0.2, 0) is 0 Å². The molecule has 1 N–H and O–H groups in total. The summed E-state index contributed by atoms with van der Waals surface area (Å²) < 4.78 is 0. The van der Waals surface area contributed by atoms with Crippen LogP contribution in [0.1, 0.15) is 20.3 Å². The van der Waals surface area contributed by atoms with Gasteiger partial charge in [0.1, 0.15) is 0 Å². The first kappa shape index (κ1) is 7.11. The maximum Gasteiger partial charge on any atom is 0.0649 e. The SMILES string of the molecule is CC(C)=C1C2C=CC1C(O)C2. The highest BCUT2D eigenvalue weighted by Gasteiger charge is 2.39. The molecule has 0 aliphatic heterocycles. The Bertz CT molecular complexity index is 233. The van der Waals surface area contributed by atoms with E-state index in [2.05, 4.69) is 26.0 Å². The topological polar surface area (TPSA) is 20.2 Å². The minimum atomic E-state index is -0.102. The summed E-state index contributed by atoms with van der Waals surface area (Å²) in [5.74, 6) is 0.907. The lowest BCUT2D eigenvalue weighted by atomic mass is 9.99. The quantitative estimate of drug-likeness (QED) is 0.523. The number of hydrogen-bond donors (Lipinski definition) is 1. The molecule has 1 heteroatoms. The normalized spacial score (nSPS) is 40.3. The molecule has 2 aliphatic carbocycles. The highest BCUT2D eigenvalue weighted by atomic mass is 16.3. The van der Waals surface area contributed by atoms with E-state index in [9.17, 15) is 5.11 Å². The van der Waals surface area contributed by atoms with Gasteiger partial charge in [-0.3, -0.25) is 0 Å². The number of aliphatic hydroxyl groups is 1. The van der Waals surface area contributed by atoms with Crippen LogP contribution in [0.2, 0.25) is 0 Å². The third-order valence-electron chi connectivity index (χ3n) is 2.80. The molecule has 0 heterocycles. The Morgan fingerprint density at radius 1 is 1.45 bits per heavy atom. The Morgan fingerprint density at radius 2 is 2.18 bits per heavy atom. The smallest absolute Gasteiger partial charge is 0.0649 e. The lowest BCUT2D eigenvalue weighted by Gasteiger charge is -2.09. The molecule has 2 bridgehead atoms. The van der Waals surface area contributed by atoms with Gasteiger partial charge in [0.15, 0.2) is 0 Å². The minimum absolute atomic E-state index is 0.102. The van der Waals surface area contributed by atoms with Gasteiger partial charge in [0.05, 0.1) is 6.10 Å². The Labute approximate surface area is 67.4 Å². The second-order valence-corrected chi connectivity index (χ2v) is 3.78. The van der Waals surface area contributed by atoms with Crippen molar-refractivity contribution in [1.29, 1.82) is 0 Å². The molecule has 0 radical (unpaired) electrons. The zero-order valence-corrected chi connectivity index (χ0v) is 7.04. The van der Waals surface area contributed by atoms with E-state index < -0.39 is 0 Å². The molecule has 0 aromatic carbocycles. The maximum atomic E-state index is 9.55. The largest absolute Gasteiger partial charge is 0.392 e. The number of rotatable bonds is 0. The van der Waals surface area contributed by atoms with Crippen LogP contribution in [0.3, 0.4) is 0 Å². The standard InChI is InChI=1S/C10H14O/c1-6(2)10-7-3-4-8(10)9(11)5-7/h3-4,7-9,11H,5H2,1-2H3. The summed E-state index contributed by atoms with van der Waals surface area (Å²) in [7, 11) is 0. The molecule has 0 aromatic rings. The molecular weight excluding hydrogens is 136 g/mol. The van der Waals surface area contributed by atoms with Crippen molar-refractivity contribution in [1.82, 2.24) is 0 Å². The molecule has 1 saturated carbocycles. The van der Waals surface area contributed by atoms with Gasteiger partial charge in [0, 0.05) is 11.8 Å². The molecule has 2 aliphatic rings. The van der Waals surface area contributed by atoms with Crippen LogP contribution in [-0.4, -0.2) is 11.2 Å². The van der Waals surface area contributed by atoms with Crippen molar-refractivity contribution >= 4 is 0 Å². The van der Waals surface area contributed by atoms with Crippen LogP contribution in [0, 0.1) is 11.8 Å². The number of fused-ring (bicyclic) bond motifs is 2. The number of allylic oxidation sites excluding steroid dienone is 2. The van der Waals surface area contributed by atoms with Gasteiger partial charge in [-0.15, -0.1) is 0 Å². The van der Waals surface area contributed by atoms with Crippen molar-refractivity contribution in [2.45, 2.75) is 26.4 Å². The van der Waals surface area contributed by atoms with Gasteiger partial charge < -0.3 is 5.11 Å². The van der Waals surface area contributed by atoms with Crippen molar-refractivity contribution in [3.05, 3.63) is 23.3 Å². The molecule has 0 amide bonds. The van der Waals surface area contributed by atoms with Crippen molar-refractivity contribution in [3.63, 3.8) is 0 Å². The first-order chi connectivity index (χ1) is 5.20. The van der Waals surface area contributed by atoms with E-state index in [0.29, 0.717) is 11.8 Å². The predicted molar refractivity (Wildman–Crippen MR) is 45.1 cm³/mol. The zero-order chi connectivity index (χ0) is 8.01. The van der Waals surface area contributed by atoms with Gasteiger partial charge in [-0.1, -0.05) is 23.3 Å². The summed E-state index contributed by atoms with van der Waals surface area (Å²) in [6.07, 6.45) is 5.23. The summed E-state index contributed by atoms with van der Waals surface area (Å²) in [4.78, 5) is 0. The van der Waals surface area contributed by atoms with Crippen molar-refractivity contribution in [3.8, 4) is 0 Å². The number of aliphatic hydroxyl groups excluding tert-OH is 1. The second-order valence-electron chi connectivity index (χ2n) is 3.78. The van der Waals surface area contributed by atoms with Gasteiger partial charge in [-0.2, -0.15) is 0 Å². The zero-order valence-electron chi connectivity index (χ0n) is 7.04. The Morgan fingerprint density at radius 3 is 2.45 bits per heavy atom. The monoisotopic (exact) mass is 150 g/mol.